The minimum Gasteiger partial charge on any atom is -0.350 e. The molecule has 0 saturated carbocycles. The molecule has 3 N–H and O–H groups in total. The van der Waals surface area contributed by atoms with Crippen molar-refractivity contribution < 1.29 is 9.59 Å². The van der Waals surface area contributed by atoms with Crippen molar-refractivity contribution in [1.82, 2.24) is 16.0 Å². The van der Waals surface area contributed by atoms with E-state index in [4.69, 9.17) is 0 Å². The lowest BCUT2D eigenvalue weighted by molar-refractivity contribution is -0.129. The van der Waals surface area contributed by atoms with E-state index in [1.54, 1.807) is 6.92 Å². The first kappa shape index (κ1) is 16.9. The maximum atomic E-state index is 11.7. The van der Waals surface area contributed by atoms with E-state index in [9.17, 15) is 9.59 Å². The summed E-state index contributed by atoms with van der Waals surface area (Å²) in [5.41, 5.74) is -0.287. The largest absolute Gasteiger partial charge is 0.350 e. The molecule has 0 aromatic rings. The van der Waals surface area contributed by atoms with E-state index in [0.29, 0.717) is 6.04 Å². The summed E-state index contributed by atoms with van der Waals surface area (Å²) in [5, 5.41) is 8.58. The summed E-state index contributed by atoms with van der Waals surface area (Å²) in [6.07, 6.45) is 0.966. The topological polar surface area (TPSA) is 70.2 Å². The van der Waals surface area contributed by atoms with Crippen LogP contribution in [0.15, 0.2) is 0 Å². The Bertz CT molecular complexity index is 284. The molecule has 0 bridgehead atoms. The van der Waals surface area contributed by atoms with E-state index in [2.05, 4.69) is 22.9 Å². The van der Waals surface area contributed by atoms with Gasteiger partial charge in [0.1, 0.15) is 6.04 Å². The third-order valence-corrected chi connectivity index (χ3v) is 2.49. The molecule has 0 aliphatic carbocycles. The van der Waals surface area contributed by atoms with Crippen LogP contribution in [0.1, 0.15) is 48.0 Å². The molecule has 0 fully saturated rings. The van der Waals surface area contributed by atoms with Crippen LogP contribution in [-0.2, 0) is 9.59 Å². The van der Waals surface area contributed by atoms with Crippen LogP contribution in [0, 0.1) is 0 Å². The third kappa shape index (κ3) is 8.06. The van der Waals surface area contributed by atoms with Gasteiger partial charge in [-0.2, -0.15) is 0 Å². The van der Waals surface area contributed by atoms with Crippen molar-refractivity contribution in [3.63, 3.8) is 0 Å². The lowest BCUT2D eigenvalue weighted by Crippen LogP contribution is -2.52. The molecule has 0 heterocycles. The minimum absolute atomic E-state index is 0.160. The highest BCUT2D eigenvalue weighted by Gasteiger charge is 2.20. The number of carbonyl (C=O) groups excluding carboxylic acids is 2. The highest BCUT2D eigenvalue weighted by Crippen LogP contribution is 1.99. The Morgan fingerprint density at radius 1 is 1.17 bits per heavy atom. The van der Waals surface area contributed by atoms with E-state index in [1.807, 2.05) is 27.7 Å². The number of hydrogen-bond donors (Lipinski definition) is 3. The van der Waals surface area contributed by atoms with Crippen LogP contribution in [0.4, 0.5) is 0 Å². The van der Waals surface area contributed by atoms with Crippen molar-refractivity contribution >= 4 is 11.8 Å². The van der Waals surface area contributed by atoms with E-state index >= 15 is 0 Å². The summed E-state index contributed by atoms with van der Waals surface area (Å²) in [5.74, 6) is -0.328. The molecule has 0 aliphatic heterocycles. The number of hydrogen-bond acceptors (Lipinski definition) is 3. The van der Waals surface area contributed by atoms with Gasteiger partial charge in [-0.3, -0.25) is 9.59 Å². The molecule has 0 aromatic heterocycles. The quantitative estimate of drug-likeness (QED) is 0.659. The maximum Gasteiger partial charge on any atom is 0.242 e. The fourth-order valence-corrected chi connectivity index (χ4v) is 1.25. The van der Waals surface area contributed by atoms with Crippen LogP contribution in [0.3, 0.4) is 0 Å². The number of nitrogens with one attached hydrogen (secondary N) is 3. The summed E-state index contributed by atoms with van der Waals surface area (Å²) in [7, 11) is 0. The summed E-state index contributed by atoms with van der Waals surface area (Å²) in [6, 6.07) is -0.218. The van der Waals surface area contributed by atoms with Gasteiger partial charge in [0.05, 0.1) is 6.54 Å². The zero-order valence-electron chi connectivity index (χ0n) is 12.4. The third-order valence-electron chi connectivity index (χ3n) is 2.49. The second-order valence-electron chi connectivity index (χ2n) is 5.72. The zero-order chi connectivity index (χ0) is 14.3. The molecule has 2 atom stereocenters. The molecular weight excluding hydrogens is 230 g/mol. The Morgan fingerprint density at radius 2 is 1.72 bits per heavy atom. The lowest BCUT2D eigenvalue weighted by atomic mass is 10.1. The van der Waals surface area contributed by atoms with Crippen molar-refractivity contribution in [2.75, 3.05) is 6.54 Å². The van der Waals surface area contributed by atoms with Gasteiger partial charge in [0, 0.05) is 11.6 Å². The van der Waals surface area contributed by atoms with Gasteiger partial charge in [0.25, 0.3) is 0 Å². The minimum atomic E-state index is -0.518. The van der Waals surface area contributed by atoms with Crippen molar-refractivity contribution in [1.29, 1.82) is 0 Å². The van der Waals surface area contributed by atoms with Crippen molar-refractivity contribution in [2.24, 2.45) is 0 Å². The summed E-state index contributed by atoms with van der Waals surface area (Å²) in [6.45, 7) is 11.7. The van der Waals surface area contributed by atoms with E-state index in [-0.39, 0.29) is 23.9 Å². The van der Waals surface area contributed by atoms with Crippen LogP contribution in [0.25, 0.3) is 0 Å². The molecule has 0 saturated heterocycles. The number of carbonyl (C=O) groups is 2. The van der Waals surface area contributed by atoms with Gasteiger partial charge in [-0.15, -0.1) is 0 Å². The first-order chi connectivity index (χ1) is 8.15. The first-order valence-corrected chi connectivity index (χ1v) is 6.50. The van der Waals surface area contributed by atoms with Gasteiger partial charge in [-0.25, -0.2) is 0 Å². The molecule has 0 rings (SSSR count). The standard InChI is InChI=1S/C13H27N3O2/c1-7-9(2)14-8-11(17)15-10(3)12(18)16-13(4,5)6/h9-10,14H,7-8H2,1-6H3,(H,15,17)(H,16,18). The lowest BCUT2D eigenvalue weighted by Gasteiger charge is -2.23. The second kappa shape index (κ2) is 7.36. The fraction of sp³-hybridized carbons (Fsp3) is 0.846. The van der Waals surface area contributed by atoms with Crippen molar-refractivity contribution in [3.05, 3.63) is 0 Å². The predicted octanol–water partition coefficient (Wildman–Crippen LogP) is 0.794. The van der Waals surface area contributed by atoms with E-state index in [1.165, 1.54) is 0 Å². The average molecular weight is 257 g/mol. The molecule has 106 valence electrons. The second-order valence-corrected chi connectivity index (χ2v) is 5.72. The smallest absolute Gasteiger partial charge is 0.242 e. The Labute approximate surface area is 110 Å². The van der Waals surface area contributed by atoms with Gasteiger partial charge in [0.2, 0.25) is 11.8 Å². The van der Waals surface area contributed by atoms with Gasteiger partial charge >= 0.3 is 0 Å². The number of rotatable bonds is 6. The molecule has 2 unspecified atom stereocenters. The first-order valence-electron chi connectivity index (χ1n) is 6.50. The van der Waals surface area contributed by atoms with Crippen LogP contribution in [-0.4, -0.2) is 36.0 Å². The molecule has 5 heteroatoms. The Hall–Kier alpha value is -1.10. The molecule has 5 nitrogen and oxygen atoms in total. The Balaban J connectivity index is 4.04. The fourth-order valence-electron chi connectivity index (χ4n) is 1.25. The summed E-state index contributed by atoms with van der Waals surface area (Å²) < 4.78 is 0. The molecular formula is C13H27N3O2. The Kier molecular flexibility index (Phi) is 6.91. The van der Waals surface area contributed by atoms with E-state index in [0.717, 1.165) is 6.42 Å². The monoisotopic (exact) mass is 257 g/mol. The molecule has 0 aromatic carbocycles. The maximum absolute atomic E-state index is 11.7. The van der Waals surface area contributed by atoms with Gasteiger partial charge in [0.15, 0.2) is 0 Å². The van der Waals surface area contributed by atoms with Crippen molar-refractivity contribution in [2.45, 2.75) is 65.6 Å². The molecule has 0 spiro atoms. The summed E-state index contributed by atoms with van der Waals surface area (Å²) in [4.78, 5) is 23.3. The van der Waals surface area contributed by atoms with Gasteiger partial charge in [-0.05, 0) is 41.0 Å². The normalized spacial score (nSPS) is 14.8. The van der Waals surface area contributed by atoms with Gasteiger partial charge < -0.3 is 16.0 Å². The van der Waals surface area contributed by atoms with Gasteiger partial charge in [-0.1, -0.05) is 6.92 Å². The molecule has 0 radical (unpaired) electrons. The van der Waals surface area contributed by atoms with Crippen LogP contribution < -0.4 is 16.0 Å². The molecule has 2 amide bonds. The van der Waals surface area contributed by atoms with Crippen LogP contribution in [0.5, 0.6) is 0 Å². The highest BCUT2D eigenvalue weighted by molar-refractivity contribution is 5.88. The predicted molar refractivity (Wildman–Crippen MR) is 73.3 cm³/mol. The van der Waals surface area contributed by atoms with Crippen LogP contribution >= 0.6 is 0 Å². The highest BCUT2D eigenvalue weighted by atomic mass is 16.2. The summed E-state index contributed by atoms with van der Waals surface area (Å²) >= 11 is 0. The van der Waals surface area contributed by atoms with Crippen LogP contribution in [0.2, 0.25) is 0 Å². The number of amides is 2. The van der Waals surface area contributed by atoms with E-state index < -0.39 is 6.04 Å². The molecule has 18 heavy (non-hydrogen) atoms. The average Bonchev–Trinajstić information content (AvgIpc) is 2.23. The van der Waals surface area contributed by atoms with Crippen molar-refractivity contribution in [3.8, 4) is 0 Å². The zero-order valence-corrected chi connectivity index (χ0v) is 12.4. The molecule has 0 aliphatic rings. The Morgan fingerprint density at radius 3 is 2.17 bits per heavy atom. The SMILES string of the molecule is CCC(C)NCC(=O)NC(C)C(=O)NC(C)(C)C.